The number of nitrogens with two attached hydrogens (primary N) is 1. The largest absolute Gasteiger partial charge is 0.447 e. The molecule has 0 fully saturated rings. The van der Waals surface area contributed by atoms with Crippen molar-refractivity contribution in [3.63, 3.8) is 0 Å². The highest BCUT2D eigenvalue weighted by Gasteiger charge is 2.15. The molecule has 0 spiro atoms. The Hall–Kier alpha value is -2.93. The van der Waals surface area contributed by atoms with Crippen LogP contribution in [0, 0.1) is 5.92 Å². The number of hydrogen-bond donors (Lipinski definition) is 3. The summed E-state index contributed by atoms with van der Waals surface area (Å²) in [7, 11) is 0. The predicted octanol–water partition coefficient (Wildman–Crippen LogP) is 3.07. The van der Waals surface area contributed by atoms with Crippen LogP contribution in [-0.2, 0) is 4.79 Å². The van der Waals surface area contributed by atoms with Gasteiger partial charge in [-0.15, -0.1) is 0 Å². The normalized spacial score (nSPS) is 11.0. The zero-order valence-electron chi connectivity index (χ0n) is 16.4. The van der Waals surface area contributed by atoms with Crippen LogP contribution < -0.4 is 16.5 Å². The minimum atomic E-state index is -0.611. The summed E-state index contributed by atoms with van der Waals surface area (Å²) >= 11 is 0. The number of benzene rings is 2. The fraction of sp³-hybridized carbons (Fsp3) is 0.286. The molecule has 0 saturated heterocycles. The number of nitrogens with one attached hydrogen (secondary N) is 1. The monoisotopic (exact) mass is 376 g/mol. The molecule has 1 heterocycles. The van der Waals surface area contributed by atoms with Gasteiger partial charge < -0.3 is 16.1 Å². The first kappa shape index (κ1) is 19.8. The second-order valence-corrected chi connectivity index (χ2v) is 7.49. The highest BCUT2D eigenvalue weighted by Crippen LogP contribution is 2.30. The summed E-state index contributed by atoms with van der Waals surface area (Å²) < 4.78 is 0. The van der Waals surface area contributed by atoms with E-state index in [0.717, 1.165) is 28.4 Å². The minimum Gasteiger partial charge on any atom is -0.447 e. The van der Waals surface area contributed by atoms with Gasteiger partial charge in [-0.05, 0) is 41.6 Å². The van der Waals surface area contributed by atoms with Crippen molar-refractivity contribution in [1.29, 1.82) is 0 Å². The van der Waals surface area contributed by atoms with Gasteiger partial charge in [0, 0.05) is 23.1 Å². The summed E-state index contributed by atoms with van der Waals surface area (Å²) in [4.78, 5) is 12.4. The molecule has 7 heteroatoms. The topological polar surface area (TPSA) is 101 Å². The van der Waals surface area contributed by atoms with Gasteiger partial charge in [0.2, 0.25) is 5.91 Å². The molecule has 144 valence electrons. The Morgan fingerprint density at radius 2 is 2.04 bits per heavy atom. The molecule has 2 aromatic carbocycles. The van der Waals surface area contributed by atoms with E-state index in [1.54, 1.807) is 6.82 Å². The van der Waals surface area contributed by atoms with Gasteiger partial charge in [-0.1, -0.05) is 38.9 Å². The summed E-state index contributed by atoms with van der Waals surface area (Å²) in [5.74, 6) is 0.442. The summed E-state index contributed by atoms with van der Waals surface area (Å²) in [6.45, 7) is 5.29. The molecule has 3 rings (SSSR count). The van der Waals surface area contributed by atoms with Crippen molar-refractivity contribution in [3.8, 4) is 11.1 Å². The molecule has 0 bridgehead atoms. The second-order valence-electron chi connectivity index (χ2n) is 7.49. The lowest BCUT2D eigenvalue weighted by Gasteiger charge is -2.15. The van der Waals surface area contributed by atoms with E-state index in [4.69, 9.17) is 5.73 Å². The number of hydrogen-bond acceptors (Lipinski definition) is 5. The predicted molar refractivity (Wildman–Crippen MR) is 116 cm³/mol. The van der Waals surface area contributed by atoms with Crippen molar-refractivity contribution >= 4 is 40.6 Å². The molecule has 0 radical (unpaired) electrons. The Morgan fingerprint density at radius 1 is 1.25 bits per heavy atom. The number of anilines is 2. The molecule has 0 atom stereocenters. The van der Waals surface area contributed by atoms with Crippen LogP contribution in [0.2, 0.25) is 6.82 Å². The number of amides is 1. The molecule has 0 aliphatic carbocycles. The van der Waals surface area contributed by atoms with Gasteiger partial charge in [0.15, 0.2) is 0 Å². The lowest BCUT2D eigenvalue weighted by Crippen LogP contribution is -2.26. The zero-order valence-corrected chi connectivity index (χ0v) is 16.4. The molecule has 1 amide bonds. The number of carbonyl (C=O) groups excluding carboxylic acids is 1. The standard InChI is InChI=1S/C21H25BN4O2/c1-13(2)4-9-21(27)25-19-8-6-15(22(3)28)11-17(19)14-5-7-16-18(23)12-24-26-20(16)10-14/h5-8,10-13,28H,4,9H2,1-3H3,(H2,23,26)(H,25,27). The van der Waals surface area contributed by atoms with Crippen molar-refractivity contribution < 1.29 is 9.82 Å². The third-order valence-corrected chi connectivity index (χ3v) is 4.73. The van der Waals surface area contributed by atoms with Crippen molar-refractivity contribution in [2.45, 2.75) is 33.5 Å². The summed E-state index contributed by atoms with van der Waals surface area (Å²) in [6, 6.07) is 11.3. The van der Waals surface area contributed by atoms with E-state index in [0.29, 0.717) is 29.2 Å². The maximum atomic E-state index is 12.4. The van der Waals surface area contributed by atoms with E-state index in [9.17, 15) is 9.82 Å². The van der Waals surface area contributed by atoms with E-state index in [1.165, 1.54) is 6.20 Å². The van der Waals surface area contributed by atoms with E-state index in [2.05, 4.69) is 29.4 Å². The number of nitrogens with zero attached hydrogens (tertiary/aromatic N) is 2. The molecule has 6 nitrogen and oxygen atoms in total. The second kappa shape index (κ2) is 8.40. The highest BCUT2D eigenvalue weighted by molar-refractivity contribution is 6.64. The smallest absolute Gasteiger partial charge is 0.320 e. The summed E-state index contributed by atoms with van der Waals surface area (Å²) in [5, 5.41) is 21.9. The van der Waals surface area contributed by atoms with E-state index >= 15 is 0 Å². The van der Waals surface area contributed by atoms with Crippen LogP contribution in [0.3, 0.4) is 0 Å². The van der Waals surface area contributed by atoms with Gasteiger partial charge in [-0.25, -0.2) is 0 Å². The Balaban J connectivity index is 2.02. The maximum Gasteiger partial charge on any atom is 0.320 e. The Morgan fingerprint density at radius 3 is 2.75 bits per heavy atom. The fourth-order valence-electron chi connectivity index (χ4n) is 3.05. The zero-order chi connectivity index (χ0) is 20.3. The van der Waals surface area contributed by atoms with Crippen molar-refractivity contribution in [2.24, 2.45) is 5.92 Å². The Bertz CT molecular complexity index is 1000. The van der Waals surface area contributed by atoms with Gasteiger partial charge in [0.1, 0.15) is 0 Å². The number of nitrogen functional groups attached to an aromatic ring is 1. The average molecular weight is 376 g/mol. The van der Waals surface area contributed by atoms with E-state index in [-0.39, 0.29) is 5.91 Å². The first-order valence-corrected chi connectivity index (χ1v) is 9.48. The van der Waals surface area contributed by atoms with Crippen LogP contribution in [0.15, 0.2) is 42.6 Å². The van der Waals surface area contributed by atoms with Crippen LogP contribution in [0.1, 0.15) is 26.7 Å². The molecule has 4 N–H and O–H groups in total. The SMILES string of the molecule is CB(O)c1ccc(NC(=O)CCC(C)C)c(-c2ccc3c(N)cnnc3c2)c1. The first-order chi connectivity index (χ1) is 13.3. The number of carbonyl (C=O) groups is 1. The molecule has 28 heavy (non-hydrogen) atoms. The number of fused-ring (bicyclic) bond motifs is 1. The van der Waals surface area contributed by atoms with Crippen LogP contribution in [0.25, 0.3) is 22.0 Å². The highest BCUT2D eigenvalue weighted by atomic mass is 16.2. The van der Waals surface area contributed by atoms with Gasteiger partial charge in [0.05, 0.1) is 17.4 Å². The number of rotatable bonds is 6. The Labute approximate surface area is 165 Å². The van der Waals surface area contributed by atoms with Crippen molar-refractivity contribution in [1.82, 2.24) is 10.2 Å². The molecular weight excluding hydrogens is 351 g/mol. The lowest BCUT2D eigenvalue weighted by molar-refractivity contribution is -0.116. The van der Waals surface area contributed by atoms with Gasteiger partial charge in [-0.3, -0.25) is 4.79 Å². The molecule has 1 aromatic heterocycles. The van der Waals surface area contributed by atoms with Gasteiger partial charge in [0.25, 0.3) is 0 Å². The first-order valence-electron chi connectivity index (χ1n) is 9.48. The molecule has 3 aromatic rings. The third-order valence-electron chi connectivity index (χ3n) is 4.73. The molecule has 0 unspecified atom stereocenters. The summed E-state index contributed by atoms with van der Waals surface area (Å²) in [5.41, 5.74) is 10.4. The number of aromatic nitrogens is 2. The maximum absolute atomic E-state index is 12.4. The van der Waals surface area contributed by atoms with Crippen LogP contribution in [0.4, 0.5) is 11.4 Å². The molecule has 0 aliphatic rings. The van der Waals surface area contributed by atoms with E-state index < -0.39 is 6.92 Å². The Kier molecular flexibility index (Phi) is 5.94. The van der Waals surface area contributed by atoms with Crippen LogP contribution >= 0.6 is 0 Å². The van der Waals surface area contributed by atoms with E-state index in [1.807, 2.05) is 36.4 Å². The molecule has 0 aliphatic heterocycles. The molecule has 0 saturated carbocycles. The van der Waals surface area contributed by atoms with Crippen LogP contribution in [0.5, 0.6) is 0 Å². The quantitative estimate of drug-likeness (QED) is 0.574. The summed E-state index contributed by atoms with van der Waals surface area (Å²) in [6.07, 6.45) is 2.82. The van der Waals surface area contributed by atoms with Gasteiger partial charge >= 0.3 is 6.92 Å². The lowest BCUT2D eigenvalue weighted by atomic mass is 9.64. The van der Waals surface area contributed by atoms with Crippen molar-refractivity contribution in [3.05, 3.63) is 42.6 Å². The minimum absolute atomic E-state index is 0.0235. The fourth-order valence-corrected chi connectivity index (χ4v) is 3.05. The van der Waals surface area contributed by atoms with Crippen molar-refractivity contribution in [2.75, 3.05) is 11.1 Å². The third kappa shape index (κ3) is 4.48. The van der Waals surface area contributed by atoms with Gasteiger partial charge in [-0.2, -0.15) is 10.2 Å². The molecular formula is C21H25BN4O2. The van der Waals surface area contributed by atoms with Crippen LogP contribution in [-0.4, -0.2) is 28.0 Å². The average Bonchev–Trinajstić information content (AvgIpc) is 2.66.